The van der Waals surface area contributed by atoms with E-state index in [1.807, 2.05) is 0 Å². The van der Waals surface area contributed by atoms with E-state index in [2.05, 4.69) is 11.1 Å². The van der Waals surface area contributed by atoms with Crippen molar-refractivity contribution in [1.29, 1.82) is 0 Å². The maximum Gasteiger partial charge on any atom is 0.202 e. The highest BCUT2D eigenvalue weighted by Gasteiger charge is 1.76. The second kappa shape index (κ2) is 2.50. The average molecular weight is 90.1 g/mol. The molecule has 3 N–H and O–H groups in total. The Morgan fingerprint density at radius 2 is 2.50 bits per heavy atom. The van der Waals surface area contributed by atoms with Crippen LogP contribution in [0.25, 0.3) is 0 Å². The Bertz CT molecular complexity index is 59.8. The molecule has 36 valence electrons. The van der Waals surface area contributed by atoms with E-state index in [9.17, 15) is 4.39 Å². The first-order valence-corrected chi connectivity index (χ1v) is 1.56. The summed E-state index contributed by atoms with van der Waals surface area (Å²) in [4.78, 5) is 0. The maximum atomic E-state index is 11.5. The highest BCUT2D eigenvalue weighted by atomic mass is 19.1. The van der Waals surface area contributed by atoms with Crippen LogP contribution in [0.3, 0.4) is 0 Å². The minimum absolute atomic E-state index is 0.505. The van der Waals surface area contributed by atoms with E-state index >= 15 is 0 Å². The first-order chi connectivity index (χ1) is 2.81. The van der Waals surface area contributed by atoms with E-state index in [-0.39, 0.29) is 0 Å². The smallest absolute Gasteiger partial charge is 0.202 e. The van der Waals surface area contributed by atoms with Gasteiger partial charge in [-0.25, -0.2) is 0 Å². The van der Waals surface area contributed by atoms with Crippen molar-refractivity contribution in [1.82, 2.24) is 5.32 Å². The van der Waals surface area contributed by atoms with Crippen molar-refractivity contribution in [2.45, 2.75) is 0 Å². The molecule has 0 unspecified atom stereocenters. The van der Waals surface area contributed by atoms with Gasteiger partial charge in [0.05, 0.1) is 0 Å². The third-order valence-corrected chi connectivity index (χ3v) is 0.385. The van der Waals surface area contributed by atoms with Crippen LogP contribution in [-0.4, -0.2) is 7.05 Å². The summed E-state index contributed by atoms with van der Waals surface area (Å²) < 4.78 is 11.5. The molecule has 0 aromatic heterocycles. The van der Waals surface area contributed by atoms with Gasteiger partial charge in [-0.3, -0.25) is 0 Å². The van der Waals surface area contributed by atoms with E-state index in [1.54, 1.807) is 0 Å². The van der Waals surface area contributed by atoms with Crippen molar-refractivity contribution in [2.75, 3.05) is 7.05 Å². The standard InChI is InChI=1S/C3H7FN2/c1-6-3(4)2-5/h2,6H,5H2,1H3/b3-2-. The molecule has 0 saturated carbocycles. The molecular weight excluding hydrogens is 83.0 g/mol. The number of hydrogen-bond donors (Lipinski definition) is 2. The van der Waals surface area contributed by atoms with Crippen LogP contribution < -0.4 is 11.1 Å². The van der Waals surface area contributed by atoms with E-state index in [0.717, 1.165) is 6.20 Å². The summed E-state index contributed by atoms with van der Waals surface area (Å²) in [6.45, 7) is 0. The predicted octanol–water partition coefficient (Wildman–Crippen LogP) is -0.0671. The van der Waals surface area contributed by atoms with Crippen LogP contribution in [-0.2, 0) is 0 Å². The monoisotopic (exact) mass is 90.1 g/mol. The zero-order chi connectivity index (χ0) is 4.99. The van der Waals surface area contributed by atoms with Gasteiger partial charge in [-0.15, -0.1) is 0 Å². The number of rotatable bonds is 1. The van der Waals surface area contributed by atoms with Gasteiger partial charge in [-0.2, -0.15) is 4.39 Å². The molecule has 0 spiro atoms. The largest absolute Gasteiger partial charge is 0.401 e. The number of nitrogens with two attached hydrogens (primary N) is 1. The van der Waals surface area contributed by atoms with Crippen LogP contribution in [0.5, 0.6) is 0 Å². The van der Waals surface area contributed by atoms with Crippen molar-refractivity contribution in [2.24, 2.45) is 5.73 Å². The highest BCUT2D eigenvalue weighted by Crippen LogP contribution is 1.79. The third kappa shape index (κ3) is 1.58. The SMILES string of the molecule is CN/C(F)=C\N. The van der Waals surface area contributed by atoms with Crippen molar-refractivity contribution in [3.63, 3.8) is 0 Å². The molecule has 6 heavy (non-hydrogen) atoms. The zero-order valence-electron chi connectivity index (χ0n) is 3.53. The van der Waals surface area contributed by atoms with Gasteiger partial charge >= 0.3 is 0 Å². The van der Waals surface area contributed by atoms with Crippen LogP contribution >= 0.6 is 0 Å². The molecule has 0 atom stereocenters. The number of hydrogen-bond acceptors (Lipinski definition) is 2. The van der Waals surface area contributed by atoms with Crippen LogP contribution in [0.4, 0.5) is 4.39 Å². The minimum atomic E-state index is -0.505. The summed E-state index contributed by atoms with van der Waals surface area (Å²) in [5.74, 6) is -0.505. The topological polar surface area (TPSA) is 38.0 Å². The summed E-state index contributed by atoms with van der Waals surface area (Å²) in [6, 6.07) is 0. The van der Waals surface area contributed by atoms with Crippen LogP contribution in [0.2, 0.25) is 0 Å². The molecule has 0 aliphatic carbocycles. The molecule has 0 fully saturated rings. The fourth-order valence-corrected chi connectivity index (χ4v) is 0.0833. The molecule has 0 radical (unpaired) electrons. The highest BCUT2D eigenvalue weighted by molar-refractivity contribution is 4.81. The Kier molecular flexibility index (Phi) is 2.20. The fourth-order valence-electron chi connectivity index (χ4n) is 0.0833. The molecule has 0 aliphatic rings. The van der Waals surface area contributed by atoms with Gasteiger partial charge in [-0.1, -0.05) is 0 Å². The zero-order valence-corrected chi connectivity index (χ0v) is 3.53. The molecule has 2 nitrogen and oxygen atoms in total. The summed E-state index contributed by atoms with van der Waals surface area (Å²) in [6.07, 6.45) is 0.861. The molecule has 0 aromatic carbocycles. The normalized spacial score (nSPS) is 11.3. The molecule has 3 heteroatoms. The quantitative estimate of drug-likeness (QED) is 0.442. The van der Waals surface area contributed by atoms with Crippen LogP contribution in [0.1, 0.15) is 0 Å². The lowest BCUT2D eigenvalue weighted by atomic mass is 10.9. The molecule has 0 saturated heterocycles. The minimum Gasteiger partial charge on any atom is -0.401 e. The third-order valence-electron chi connectivity index (χ3n) is 0.385. The van der Waals surface area contributed by atoms with E-state index in [0.29, 0.717) is 0 Å². The molecule has 0 bridgehead atoms. The Balaban J connectivity index is 3.22. The summed E-state index contributed by atoms with van der Waals surface area (Å²) in [7, 11) is 1.46. The van der Waals surface area contributed by atoms with Crippen molar-refractivity contribution >= 4 is 0 Å². The fraction of sp³-hybridized carbons (Fsp3) is 0.333. The van der Waals surface area contributed by atoms with Crippen molar-refractivity contribution in [3.05, 3.63) is 12.2 Å². The van der Waals surface area contributed by atoms with Gasteiger partial charge < -0.3 is 11.1 Å². The van der Waals surface area contributed by atoms with Gasteiger partial charge in [0.2, 0.25) is 5.95 Å². The second-order valence-electron chi connectivity index (χ2n) is 0.765. The molecule has 0 amide bonds. The molecule has 0 aliphatic heterocycles. The lowest BCUT2D eigenvalue weighted by molar-refractivity contribution is 0.570. The van der Waals surface area contributed by atoms with Crippen molar-refractivity contribution in [3.8, 4) is 0 Å². The van der Waals surface area contributed by atoms with Gasteiger partial charge in [0, 0.05) is 13.2 Å². The first kappa shape index (κ1) is 5.27. The molecule has 0 rings (SSSR count). The lowest BCUT2D eigenvalue weighted by Crippen LogP contribution is -2.01. The average Bonchev–Trinajstić information content (AvgIpc) is 1.65. The number of nitrogens with one attached hydrogen (secondary N) is 1. The summed E-state index contributed by atoms with van der Waals surface area (Å²) >= 11 is 0. The van der Waals surface area contributed by atoms with Crippen molar-refractivity contribution < 1.29 is 4.39 Å². The van der Waals surface area contributed by atoms with Crippen LogP contribution in [0, 0.1) is 0 Å². The Labute approximate surface area is 35.8 Å². The summed E-state index contributed by atoms with van der Waals surface area (Å²) in [5, 5.41) is 2.18. The second-order valence-corrected chi connectivity index (χ2v) is 0.765. The van der Waals surface area contributed by atoms with Crippen LogP contribution in [0.15, 0.2) is 12.2 Å². The Hall–Kier alpha value is -0.730. The predicted molar refractivity (Wildman–Crippen MR) is 22.4 cm³/mol. The Morgan fingerprint density at radius 3 is 2.50 bits per heavy atom. The van der Waals surface area contributed by atoms with Gasteiger partial charge in [-0.05, 0) is 0 Å². The van der Waals surface area contributed by atoms with E-state index in [1.165, 1.54) is 7.05 Å². The lowest BCUT2D eigenvalue weighted by Gasteiger charge is -1.85. The first-order valence-electron chi connectivity index (χ1n) is 1.56. The van der Waals surface area contributed by atoms with E-state index in [4.69, 9.17) is 0 Å². The molecule has 0 aromatic rings. The summed E-state index contributed by atoms with van der Waals surface area (Å²) in [5.41, 5.74) is 4.68. The maximum absolute atomic E-state index is 11.5. The van der Waals surface area contributed by atoms with Gasteiger partial charge in [0.15, 0.2) is 0 Å². The molecule has 0 heterocycles. The van der Waals surface area contributed by atoms with Gasteiger partial charge in [0.25, 0.3) is 0 Å². The molecular formula is C3H7FN2. The van der Waals surface area contributed by atoms with E-state index < -0.39 is 5.95 Å². The number of halogens is 1. The van der Waals surface area contributed by atoms with Gasteiger partial charge in [0.1, 0.15) is 0 Å². The Morgan fingerprint density at radius 1 is 2.00 bits per heavy atom.